The number of hydrogen-bond donors (Lipinski definition) is 0. The van der Waals surface area contributed by atoms with Crippen molar-refractivity contribution in [3.63, 3.8) is 0 Å². The summed E-state index contributed by atoms with van der Waals surface area (Å²) in [4.78, 5) is 12.0. The molecule has 0 aliphatic heterocycles. The normalized spacial score (nSPS) is 10.3. The molecule has 0 heterocycles. The van der Waals surface area contributed by atoms with Gasteiger partial charge in [-0.3, -0.25) is 4.79 Å². The number of ketones is 1. The number of ether oxygens (including phenoxy) is 1. The summed E-state index contributed by atoms with van der Waals surface area (Å²) in [6.45, 7) is -0.134. The summed E-state index contributed by atoms with van der Waals surface area (Å²) in [5.41, 5.74) is 0.278. The Hall–Kier alpha value is -1.22. The Labute approximate surface area is 125 Å². The number of Topliss-reactive ketones (excluding diaryl/α,β-unsaturated/α-hetero) is 1. The topological polar surface area (TPSA) is 26.3 Å². The molecule has 0 radical (unpaired) electrons. The van der Waals surface area contributed by atoms with Gasteiger partial charge in [0.05, 0.1) is 15.6 Å². The van der Waals surface area contributed by atoms with E-state index in [1.165, 1.54) is 0 Å². The maximum atomic E-state index is 12.0. The Bertz CT molecular complexity index is 574. The quantitative estimate of drug-likeness (QED) is 0.749. The molecule has 0 N–H and O–H groups in total. The van der Waals surface area contributed by atoms with E-state index in [2.05, 4.69) is 0 Å². The van der Waals surface area contributed by atoms with Gasteiger partial charge in [-0.05, 0) is 36.4 Å². The Balaban J connectivity index is 2.07. The average Bonchev–Trinajstić information content (AvgIpc) is 2.38. The third-order valence-corrected chi connectivity index (χ3v) is 3.31. The third-order valence-electron chi connectivity index (χ3n) is 2.43. The van der Waals surface area contributed by atoms with E-state index < -0.39 is 0 Å². The molecule has 2 aromatic carbocycles. The predicted molar refractivity (Wildman–Crippen MR) is 77.7 cm³/mol. The van der Waals surface area contributed by atoms with E-state index in [4.69, 9.17) is 39.5 Å². The molecule has 0 amide bonds. The molecule has 0 unspecified atom stereocenters. The first-order valence-corrected chi connectivity index (χ1v) is 6.57. The van der Waals surface area contributed by atoms with Crippen molar-refractivity contribution in [2.24, 2.45) is 0 Å². The monoisotopic (exact) mass is 314 g/mol. The second-order valence-electron chi connectivity index (χ2n) is 3.76. The van der Waals surface area contributed by atoms with Crippen LogP contribution < -0.4 is 4.74 Å². The second-order valence-corrected chi connectivity index (χ2v) is 5.01. The lowest BCUT2D eigenvalue weighted by atomic mass is 10.1. The van der Waals surface area contributed by atoms with Crippen molar-refractivity contribution in [1.82, 2.24) is 0 Å². The zero-order valence-electron chi connectivity index (χ0n) is 9.70. The number of carbonyl (C=O) groups excluding carboxylic acids is 1. The van der Waals surface area contributed by atoms with Crippen LogP contribution in [-0.4, -0.2) is 12.4 Å². The molecule has 0 spiro atoms. The van der Waals surface area contributed by atoms with E-state index in [-0.39, 0.29) is 18.0 Å². The van der Waals surface area contributed by atoms with Crippen LogP contribution in [0.15, 0.2) is 42.5 Å². The van der Waals surface area contributed by atoms with Gasteiger partial charge in [0.2, 0.25) is 5.78 Å². The number of rotatable bonds is 4. The summed E-state index contributed by atoms with van der Waals surface area (Å²) in [6, 6.07) is 11.6. The van der Waals surface area contributed by atoms with Crippen molar-refractivity contribution >= 4 is 40.6 Å². The molecule has 5 heteroatoms. The van der Waals surface area contributed by atoms with E-state index in [9.17, 15) is 4.79 Å². The first-order chi connectivity index (χ1) is 9.08. The molecular formula is C14H9Cl3O2. The number of halogens is 3. The van der Waals surface area contributed by atoms with Crippen LogP contribution in [0.4, 0.5) is 0 Å². The van der Waals surface area contributed by atoms with Gasteiger partial charge in [-0.2, -0.15) is 0 Å². The molecule has 0 bridgehead atoms. The minimum absolute atomic E-state index is 0.134. The zero-order valence-corrected chi connectivity index (χ0v) is 12.0. The van der Waals surface area contributed by atoms with Gasteiger partial charge in [0.25, 0.3) is 0 Å². The highest BCUT2D eigenvalue weighted by Gasteiger charge is 2.14. The Morgan fingerprint density at radius 2 is 1.53 bits per heavy atom. The van der Waals surface area contributed by atoms with Crippen molar-refractivity contribution in [3.05, 3.63) is 63.1 Å². The van der Waals surface area contributed by atoms with Gasteiger partial charge < -0.3 is 4.74 Å². The van der Waals surface area contributed by atoms with Crippen LogP contribution in [0.5, 0.6) is 5.75 Å². The van der Waals surface area contributed by atoms with Crippen LogP contribution >= 0.6 is 34.8 Å². The molecule has 2 rings (SSSR count). The third kappa shape index (κ3) is 3.63. The van der Waals surface area contributed by atoms with E-state index in [1.54, 1.807) is 42.5 Å². The van der Waals surface area contributed by atoms with Crippen molar-refractivity contribution in [1.29, 1.82) is 0 Å². The largest absolute Gasteiger partial charge is 0.485 e. The lowest BCUT2D eigenvalue weighted by molar-refractivity contribution is 0.0922. The molecule has 0 atom stereocenters. The highest BCUT2D eigenvalue weighted by Crippen LogP contribution is 2.25. The minimum Gasteiger partial charge on any atom is -0.485 e. The molecule has 2 nitrogen and oxygen atoms in total. The fourth-order valence-corrected chi connectivity index (χ4v) is 2.25. The zero-order chi connectivity index (χ0) is 13.8. The van der Waals surface area contributed by atoms with E-state index >= 15 is 0 Å². The molecule has 0 aliphatic rings. The summed E-state index contributed by atoms with van der Waals surface area (Å²) >= 11 is 17.7. The van der Waals surface area contributed by atoms with Gasteiger partial charge in [0.15, 0.2) is 6.61 Å². The molecule has 98 valence electrons. The first kappa shape index (κ1) is 14.2. The maximum Gasteiger partial charge on any atom is 0.203 e. The van der Waals surface area contributed by atoms with Gasteiger partial charge >= 0.3 is 0 Å². The number of benzene rings is 2. The highest BCUT2D eigenvalue weighted by atomic mass is 35.5. The van der Waals surface area contributed by atoms with Crippen LogP contribution in [0.1, 0.15) is 10.4 Å². The van der Waals surface area contributed by atoms with E-state index in [1.807, 2.05) is 0 Å². The van der Waals surface area contributed by atoms with Crippen molar-refractivity contribution in [2.75, 3.05) is 6.61 Å². The minimum atomic E-state index is -0.273. The van der Waals surface area contributed by atoms with Gasteiger partial charge in [-0.25, -0.2) is 0 Å². The van der Waals surface area contributed by atoms with Crippen LogP contribution in [0.25, 0.3) is 0 Å². The van der Waals surface area contributed by atoms with Crippen LogP contribution in [0.3, 0.4) is 0 Å². The summed E-state index contributed by atoms with van der Waals surface area (Å²) < 4.78 is 5.36. The van der Waals surface area contributed by atoms with Crippen LogP contribution in [0, 0.1) is 0 Å². The molecule has 2 aromatic rings. The lowest BCUT2D eigenvalue weighted by Crippen LogP contribution is -2.12. The summed E-state index contributed by atoms with van der Waals surface area (Å²) in [6.07, 6.45) is 0. The maximum absolute atomic E-state index is 12.0. The number of hydrogen-bond acceptors (Lipinski definition) is 2. The molecular weight excluding hydrogens is 307 g/mol. The van der Waals surface area contributed by atoms with Gasteiger partial charge in [-0.15, -0.1) is 0 Å². The van der Waals surface area contributed by atoms with Crippen molar-refractivity contribution in [3.8, 4) is 5.75 Å². The molecule has 0 saturated carbocycles. The highest BCUT2D eigenvalue weighted by molar-refractivity contribution is 6.39. The van der Waals surface area contributed by atoms with E-state index in [0.29, 0.717) is 20.8 Å². The fraction of sp³-hybridized carbons (Fsp3) is 0.0714. The Morgan fingerprint density at radius 1 is 0.947 bits per heavy atom. The predicted octanol–water partition coefficient (Wildman–Crippen LogP) is 4.91. The smallest absolute Gasteiger partial charge is 0.203 e. The summed E-state index contributed by atoms with van der Waals surface area (Å²) in [5.74, 6) is 0.284. The van der Waals surface area contributed by atoms with Gasteiger partial charge in [0.1, 0.15) is 5.75 Å². The van der Waals surface area contributed by atoms with Gasteiger partial charge in [-0.1, -0.05) is 40.9 Å². The van der Waals surface area contributed by atoms with Crippen molar-refractivity contribution < 1.29 is 9.53 Å². The molecule has 0 aliphatic carbocycles. The first-order valence-electron chi connectivity index (χ1n) is 5.43. The molecule has 0 aromatic heterocycles. The second kappa shape index (κ2) is 6.29. The molecule has 0 saturated heterocycles. The van der Waals surface area contributed by atoms with Crippen LogP contribution in [-0.2, 0) is 0 Å². The summed E-state index contributed by atoms with van der Waals surface area (Å²) in [7, 11) is 0. The average molecular weight is 316 g/mol. The lowest BCUT2D eigenvalue weighted by Gasteiger charge is -2.08. The fourth-order valence-electron chi connectivity index (χ4n) is 1.52. The van der Waals surface area contributed by atoms with E-state index in [0.717, 1.165) is 0 Å². The summed E-state index contributed by atoms with van der Waals surface area (Å²) in [5, 5.41) is 1.24. The number of carbonyl (C=O) groups is 1. The molecule has 19 heavy (non-hydrogen) atoms. The Kier molecular flexibility index (Phi) is 4.70. The molecule has 0 fully saturated rings. The SMILES string of the molecule is O=C(COc1ccc(Cl)cc1)c1c(Cl)cccc1Cl. The standard InChI is InChI=1S/C14H9Cl3O2/c15-9-4-6-10(7-5-9)19-8-13(18)14-11(16)2-1-3-12(14)17/h1-7H,8H2. The Morgan fingerprint density at radius 3 is 2.11 bits per heavy atom. The van der Waals surface area contributed by atoms with Crippen LogP contribution in [0.2, 0.25) is 15.1 Å². The van der Waals surface area contributed by atoms with Crippen molar-refractivity contribution in [2.45, 2.75) is 0 Å². The van der Waals surface area contributed by atoms with Gasteiger partial charge in [0, 0.05) is 5.02 Å².